The fraction of sp³-hybridized carbons (Fsp3) is 0.143. The van der Waals surface area contributed by atoms with E-state index in [1.54, 1.807) is 25.4 Å². The Bertz CT molecular complexity index is 816. The quantitative estimate of drug-likeness (QED) is 0.804. The zero-order chi connectivity index (χ0) is 14.8. The molecule has 0 fully saturated rings. The first-order chi connectivity index (χ1) is 10.2. The topological polar surface area (TPSA) is 77.0 Å². The van der Waals surface area contributed by atoms with Gasteiger partial charge in [-0.05, 0) is 31.2 Å². The third kappa shape index (κ3) is 2.68. The Morgan fingerprint density at radius 2 is 2.14 bits per heavy atom. The number of methoxy groups -OCH3 is 1. The van der Waals surface area contributed by atoms with E-state index in [9.17, 15) is 4.79 Å². The number of nitrogens with one attached hydrogen (secondary N) is 1. The van der Waals surface area contributed by atoms with Crippen LogP contribution < -0.4 is 10.1 Å². The lowest BCUT2D eigenvalue weighted by Gasteiger charge is -2.07. The highest BCUT2D eigenvalue weighted by atomic mass is 32.1. The van der Waals surface area contributed by atoms with Gasteiger partial charge in [-0.1, -0.05) is 11.3 Å². The summed E-state index contributed by atoms with van der Waals surface area (Å²) in [6.45, 7) is 1.83. The molecular weight excluding hydrogens is 288 g/mol. The van der Waals surface area contributed by atoms with Crippen molar-refractivity contribution < 1.29 is 9.53 Å². The lowest BCUT2D eigenvalue weighted by Crippen LogP contribution is -2.12. The minimum Gasteiger partial charge on any atom is -0.497 e. The number of pyridine rings is 1. The molecule has 0 unspecified atom stereocenters. The standard InChI is InChI=1S/C14H12N4O2S/c1-8-17-18-14(21-8)16-13(19)10-5-6-15-12-4-3-9(20-2)7-11(10)12/h3-7H,1-2H3,(H,16,18,19). The van der Waals surface area contributed by atoms with Crippen molar-refractivity contribution in [1.29, 1.82) is 0 Å². The van der Waals surface area contributed by atoms with E-state index in [1.807, 2.05) is 19.1 Å². The number of hydrogen-bond acceptors (Lipinski definition) is 6. The number of amides is 1. The Morgan fingerprint density at radius 1 is 1.29 bits per heavy atom. The summed E-state index contributed by atoms with van der Waals surface area (Å²) in [7, 11) is 1.58. The average molecular weight is 300 g/mol. The summed E-state index contributed by atoms with van der Waals surface area (Å²) in [4.78, 5) is 16.6. The number of fused-ring (bicyclic) bond motifs is 1. The maximum Gasteiger partial charge on any atom is 0.258 e. The zero-order valence-corrected chi connectivity index (χ0v) is 12.3. The number of hydrogen-bond donors (Lipinski definition) is 1. The van der Waals surface area contributed by atoms with E-state index in [1.165, 1.54) is 11.3 Å². The summed E-state index contributed by atoms with van der Waals surface area (Å²) in [6, 6.07) is 7.10. The molecule has 1 amide bonds. The zero-order valence-electron chi connectivity index (χ0n) is 11.5. The number of carbonyl (C=O) groups is 1. The van der Waals surface area contributed by atoms with Crippen LogP contribution in [0.3, 0.4) is 0 Å². The summed E-state index contributed by atoms with van der Waals surface area (Å²) in [5.74, 6) is 0.433. The van der Waals surface area contributed by atoms with E-state index in [0.29, 0.717) is 16.4 Å². The molecule has 0 radical (unpaired) electrons. The third-order valence-electron chi connectivity index (χ3n) is 2.94. The van der Waals surface area contributed by atoms with E-state index in [4.69, 9.17) is 4.74 Å². The van der Waals surface area contributed by atoms with E-state index < -0.39 is 0 Å². The van der Waals surface area contributed by atoms with Crippen LogP contribution >= 0.6 is 11.3 Å². The molecule has 21 heavy (non-hydrogen) atoms. The second-order valence-electron chi connectivity index (χ2n) is 4.32. The van der Waals surface area contributed by atoms with Crippen LogP contribution in [0.1, 0.15) is 15.4 Å². The normalized spacial score (nSPS) is 10.6. The minimum atomic E-state index is -0.244. The van der Waals surface area contributed by atoms with Crippen LogP contribution in [0.4, 0.5) is 5.13 Å². The maximum absolute atomic E-state index is 12.4. The number of carbonyl (C=O) groups excluding carboxylic acids is 1. The van der Waals surface area contributed by atoms with Crippen molar-refractivity contribution in [2.24, 2.45) is 0 Å². The number of benzene rings is 1. The van der Waals surface area contributed by atoms with Crippen LogP contribution in [0.15, 0.2) is 30.5 Å². The van der Waals surface area contributed by atoms with Crippen LogP contribution in [0, 0.1) is 6.92 Å². The number of anilines is 1. The smallest absolute Gasteiger partial charge is 0.258 e. The Kier molecular flexibility index (Phi) is 3.49. The van der Waals surface area contributed by atoms with Crippen molar-refractivity contribution in [3.05, 3.63) is 41.0 Å². The molecule has 0 aliphatic heterocycles. The summed E-state index contributed by atoms with van der Waals surface area (Å²) >= 11 is 1.33. The molecule has 2 aromatic heterocycles. The number of rotatable bonds is 3. The minimum absolute atomic E-state index is 0.244. The van der Waals surface area contributed by atoms with Crippen molar-refractivity contribution in [2.75, 3.05) is 12.4 Å². The van der Waals surface area contributed by atoms with Gasteiger partial charge in [-0.25, -0.2) is 0 Å². The number of ether oxygens (including phenoxy) is 1. The highest BCUT2D eigenvalue weighted by molar-refractivity contribution is 7.15. The van der Waals surface area contributed by atoms with Crippen molar-refractivity contribution in [1.82, 2.24) is 15.2 Å². The molecular formula is C14H12N4O2S. The molecule has 0 saturated heterocycles. The van der Waals surface area contributed by atoms with Crippen LogP contribution in [0.25, 0.3) is 10.9 Å². The van der Waals surface area contributed by atoms with Crippen LogP contribution in [0.5, 0.6) is 5.75 Å². The van der Waals surface area contributed by atoms with Crippen LogP contribution in [-0.4, -0.2) is 28.2 Å². The molecule has 106 valence electrons. The first-order valence-corrected chi connectivity index (χ1v) is 7.03. The van der Waals surface area contributed by atoms with E-state index in [2.05, 4.69) is 20.5 Å². The lowest BCUT2D eigenvalue weighted by molar-refractivity contribution is 0.102. The Labute approximate surface area is 124 Å². The van der Waals surface area contributed by atoms with Gasteiger partial charge in [0, 0.05) is 11.6 Å². The van der Waals surface area contributed by atoms with Gasteiger partial charge >= 0.3 is 0 Å². The van der Waals surface area contributed by atoms with Crippen molar-refractivity contribution in [2.45, 2.75) is 6.92 Å². The van der Waals surface area contributed by atoms with Gasteiger partial charge in [-0.3, -0.25) is 15.1 Å². The number of aryl methyl sites for hydroxylation is 1. The molecule has 0 aliphatic carbocycles. The van der Waals surface area contributed by atoms with Gasteiger partial charge in [0.2, 0.25) is 5.13 Å². The predicted molar refractivity (Wildman–Crippen MR) is 80.9 cm³/mol. The number of nitrogens with zero attached hydrogens (tertiary/aromatic N) is 3. The monoisotopic (exact) mass is 300 g/mol. The first-order valence-electron chi connectivity index (χ1n) is 6.21. The van der Waals surface area contributed by atoms with E-state index in [0.717, 1.165) is 15.9 Å². The second kappa shape index (κ2) is 5.45. The fourth-order valence-corrected chi connectivity index (χ4v) is 2.55. The van der Waals surface area contributed by atoms with Gasteiger partial charge in [-0.15, -0.1) is 10.2 Å². The van der Waals surface area contributed by atoms with Gasteiger partial charge < -0.3 is 4.74 Å². The molecule has 0 bridgehead atoms. The van der Waals surface area contributed by atoms with Crippen LogP contribution in [0.2, 0.25) is 0 Å². The molecule has 0 atom stereocenters. The molecule has 7 heteroatoms. The van der Waals surface area contributed by atoms with E-state index >= 15 is 0 Å². The summed E-state index contributed by atoms with van der Waals surface area (Å²) < 4.78 is 5.20. The highest BCUT2D eigenvalue weighted by Crippen LogP contribution is 2.23. The van der Waals surface area contributed by atoms with Crippen molar-refractivity contribution >= 4 is 33.3 Å². The Balaban J connectivity index is 2.00. The van der Waals surface area contributed by atoms with Crippen LogP contribution in [-0.2, 0) is 0 Å². The molecule has 3 rings (SSSR count). The summed E-state index contributed by atoms with van der Waals surface area (Å²) in [5, 5.41) is 12.5. The molecule has 0 spiro atoms. The molecule has 1 aromatic carbocycles. The van der Waals surface area contributed by atoms with Crippen molar-refractivity contribution in [3.63, 3.8) is 0 Å². The number of aromatic nitrogens is 3. The molecule has 3 aromatic rings. The molecule has 0 saturated carbocycles. The molecule has 0 aliphatic rings. The Hall–Kier alpha value is -2.54. The highest BCUT2D eigenvalue weighted by Gasteiger charge is 2.13. The van der Waals surface area contributed by atoms with Gasteiger partial charge in [0.15, 0.2) is 0 Å². The predicted octanol–water partition coefficient (Wildman–Crippen LogP) is 2.66. The van der Waals surface area contributed by atoms with Crippen molar-refractivity contribution in [3.8, 4) is 5.75 Å². The summed E-state index contributed by atoms with van der Waals surface area (Å²) in [6.07, 6.45) is 1.61. The van der Waals surface area contributed by atoms with Gasteiger partial charge in [0.05, 0.1) is 18.2 Å². The molecule has 1 N–H and O–H groups in total. The van der Waals surface area contributed by atoms with E-state index in [-0.39, 0.29) is 5.91 Å². The summed E-state index contributed by atoms with van der Waals surface area (Å²) in [5.41, 5.74) is 1.25. The average Bonchev–Trinajstić information content (AvgIpc) is 2.91. The largest absolute Gasteiger partial charge is 0.497 e. The molecule has 6 nitrogen and oxygen atoms in total. The lowest BCUT2D eigenvalue weighted by atomic mass is 10.1. The van der Waals surface area contributed by atoms with Gasteiger partial charge in [-0.2, -0.15) is 0 Å². The van der Waals surface area contributed by atoms with Gasteiger partial charge in [0.1, 0.15) is 10.8 Å². The van der Waals surface area contributed by atoms with Gasteiger partial charge in [0.25, 0.3) is 5.91 Å². The fourth-order valence-electron chi connectivity index (χ4n) is 1.96. The molecule has 2 heterocycles. The Morgan fingerprint density at radius 3 is 2.86 bits per heavy atom. The second-order valence-corrected chi connectivity index (χ2v) is 5.50. The third-order valence-corrected chi connectivity index (χ3v) is 3.69. The maximum atomic E-state index is 12.4. The SMILES string of the molecule is COc1ccc2nccc(C(=O)Nc3nnc(C)s3)c2c1. The first kappa shape index (κ1) is 13.4.